The molecular formula is C17H24N2O4. The predicted octanol–water partition coefficient (Wildman–Crippen LogP) is 1.11. The lowest BCUT2D eigenvalue weighted by Gasteiger charge is -2.25. The normalized spacial score (nSPS) is 18.8. The molecule has 0 saturated carbocycles. The molecule has 2 N–H and O–H groups in total. The van der Waals surface area contributed by atoms with Gasteiger partial charge >= 0.3 is 11.8 Å². The van der Waals surface area contributed by atoms with E-state index in [0.717, 1.165) is 18.4 Å². The molecule has 1 aromatic carbocycles. The van der Waals surface area contributed by atoms with Crippen molar-refractivity contribution in [1.82, 2.24) is 4.90 Å². The Morgan fingerprint density at radius 1 is 1.30 bits per heavy atom. The molecule has 1 aliphatic heterocycles. The number of amides is 2. The minimum absolute atomic E-state index is 0.0984. The summed E-state index contributed by atoms with van der Waals surface area (Å²) < 4.78 is 11.1. The fourth-order valence-electron chi connectivity index (χ4n) is 2.94. The van der Waals surface area contributed by atoms with Crippen LogP contribution in [0.2, 0.25) is 0 Å². The lowest BCUT2D eigenvalue weighted by atomic mass is 9.95. The summed E-state index contributed by atoms with van der Waals surface area (Å²) in [6.07, 6.45) is 1.51. The van der Waals surface area contributed by atoms with Crippen LogP contribution in [0.25, 0.3) is 0 Å². The van der Waals surface area contributed by atoms with Crippen molar-refractivity contribution in [1.29, 1.82) is 0 Å². The van der Waals surface area contributed by atoms with Crippen molar-refractivity contribution >= 4 is 11.8 Å². The van der Waals surface area contributed by atoms with Gasteiger partial charge in [0.2, 0.25) is 0 Å². The highest BCUT2D eigenvalue weighted by Gasteiger charge is 2.34. The second kappa shape index (κ2) is 8.64. The Kier molecular flexibility index (Phi) is 6.55. The molecule has 0 aliphatic carbocycles. The van der Waals surface area contributed by atoms with E-state index in [1.54, 1.807) is 7.11 Å². The number of primary amides is 1. The molecule has 2 atom stereocenters. The second-order valence-electron chi connectivity index (χ2n) is 5.71. The van der Waals surface area contributed by atoms with Gasteiger partial charge in [-0.2, -0.15) is 0 Å². The highest BCUT2D eigenvalue weighted by molar-refractivity contribution is 6.34. The lowest BCUT2D eigenvalue weighted by Crippen LogP contribution is -2.39. The fraction of sp³-hybridized carbons (Fsp3) is 0.529. The van der Waals surface area contributed by atoms with Gasteiger partial charge in [-0.25, -0.2) is 0 Å². The van der Waals surface area contributed by atoms with E-state index in [1.165, 1.54) is 4.90 Å². The maximum absolute atomic E-state index is 11.7. The maximum atomic E-state index is 11.7. The molecule has 1 heterocycles. The number of rotatable bonds is 7. The largest absolute Gasteiger partial charge is 0.385 e. The van der Waals surface area contributed by atoms with Crippen molar-refractivity contribution in [3.63, 3.8) is 0 Å². The molecular weight excluding hydrogens is 296 g/mol. The minimum atomic E-state index is -0.900. The van der Waals surface area contributed by atoms with Gasteiger partial charge in [-0.3, -0.25) is 9.59 Å². The van der Waals surface area contributed by atoms with E-state index < -0.39 is 11.8 Å². The molecule has 6 nitrogen and oxygen atoms in total. The van der Waals surface area contributed by atoms with Gasteiger partial charge in [0.25, 0.3) is 0 Å². The number of ether oxygens (including phenoxy) is 2. The van der Waals surface area contributed by atoms with Crippen LogP contribution in [0.3, 0.4) is 0 Å². The first-order valence-electron chi connectivity index (χ1n) is 7.87. The molecule has 0 radical (unpaired) electrons. The van der Waals surface area contributed by atoms with Crippen LogP contribution >= 0.6 is 0 Å². The highest BCUT2D eigenvalue weighted by Crippen LogP contribution is 2.33. The van der Waals surface area contributed by atoms with Crippen LogP contribution < -0.4 is 5.73 Å². The average molecular weight is 320 g/mol. The topological polar surface area (TPSA) is 81.9 Å². The van der Waals surface area contributed by atoms with Gasteiger partial charge in [0.1, 0.15) is 0 Å². The number of methoxy groups -OCH3 is 1. The Hall–Kier alpha value is -1.92. The van der Waals surface area contributed by atoms with Crippen LogP contribution in [-0.2, 0) is 19.1 Å². The average Bonchev–Trinajstić information content (AvgIpc) is 3.04. The third-order valence-electron chi connectivity index (χ3n) is 4.07. The van der Waals surface area contributed by atoms with Gasteiger partial charge in [-0.15, -0.1) is 0 Å². The summed E-state index contributed by atoms with van der Waals surface area (Å²) in [5, 5.41) is 0. The molecule has 1 aromatic rings. The van der Waals surface area contributed by atoms with Crippen molar-refractivity contribution in [3.05, 3.63) is 35.9 Å². The summed E-state index contributed by atoms with van der Waals surface area (Å²) in [6, 6.07) is 9.96. The quantitative estimate of drug-likeness (QED) is 0.603. The zero-order valence-electron chi connectivity index (χ0n) is 13.4. The zero-order chi connectivity index (χ0) is 16.7. The molecule has 1 unspecified atom stereocenters. The number of nitrogens with zero attached hydrogens (tertiary/aromatic N) is 1. The van der Waals surface area contributed by atoms with Gasteiger partial charge in [-0.05, 0) is 18.4 Å². The number of carbonyl (C=O) groups is 2. The number of nitrogens with two attached hydrogens (primary N) is 1. The van der Waals surface area contributed by atoms with Gasteiger partial charge in [0.15, 0.2) is 0 Å². The van der Waals surface area contributed by atoms with Crippen molar-refractivity contribution in [3.8, 4) is 0 Å². The predicted molar refractivity (Wildman–Crippen MR) is 85.5 cm³/mol. The number of hydrogen-bond acceptors (Lipinski definition) is 4. The molecule has 126 valence electrons. The number of benzene rings is 1. The number of hydrogen-bond donors (Lipinski definition) is 1. The van der Waals surface area contributed by atoms with Crippen molar-refractivity contribution in [2.24, 2.45) is 11.7 Å². The maximum Gasteiger partial charge on any atom is 0.311 e. The van der Waals surface area contributed by atoms with Crippen LogP contribution in [0.1, 0.15) is 24.5 Å². The van der Waals surface area contributed by atoms with Crippen LogP contribution in [0.5, 0.6) is 0 Å². The van der Waals surface area contributed by atoms with Crippen molar-refractivity contribution in [2.45, 2.75) is 18.9 Å². The van der Waals surface area contributed by atoms with Crippen LogP contribution in [0.4, 0.5) is 0 Å². The first-order chi connectivity index (χ1) is 11.1. The molecule has 0 aromatic heterocycles. The van der Waals surface area contributed by atoms with Gasteiger partial charge in [-0.1, -0.05) is 30.3 Å². The summed E-state index contributed by atoms with van der Waals surface area (Å²) in [6.45, 7) is 2.27. The number of likely N-dealkylation sites (tertiary alicyclic amines) is 1. The SMILES string of the molecule is COCCCO[C@@H](c1ccccc1)C1CCN(C(=O)C(N)=O)C1. The van der Waals surface area contributed by atoms with E-state index in [0.29, 0.717) is 26.3 Å². The first-order valence-corrected chi connectivity index (χ1v) is 7.87. The Morgan fingerprint density at radius 2 is 2.04 bits per heavy atom. The Balaban J connectivity index is 2.02. The monoisotopic (exact) mass is 320 g/mol. The summed E-state index contributed by atoms with van der Waals surface area (Å²) in [5.74, 6) is -1.36. The molecule has 0 spiro atoms. The molecule has 1 aliphatic rings. The van der Waals surface area contributed by atoms with E-state index in [4.69, 9.17) is 15.2 Å². The van der Waals surface area contributed by atoms with E-state index in [9.17, 15) is 9.59 Å². The summed E-state index contributed by atoms with van der Waals surface area (Å²) in [5.41, 5.74) is 6.17. The van der Waals surface area contributed by atoms with E-state index in [2.05, 4.69) is 0 Å². The molecule has 1 fully saturated rings. The van der Waals surface area contributed by atoms with Crippen LogP contribution in [-0.4, -0.2) is 50.1 Å². The summed E-state index contributed by atoms with van der Waals surface area (Å²) in [4.78, 5) is 24.3. The molecule has 6 heteroatoms. The minimum Gasteiger partial charge on any atom is -0.385 e. The van der Waals surface area contributed by atoms with Gasteiger partial charge in [0.05, 0.1) is 6.10 Å². The molecule has 2 amide bonds. The van der Waals surface area contributed by atoms with Crippen LogP contribution in [0, 0.1) is 5.92 Å². The van der Waals surface area contributed by atoms with E-state index in [-0.39, 0.29) is 12.0 Å². The first kappa shape index (κ1) is 17.4. The zero-order valence-corrected chi connectivity index (χ0v) is 13.4. The van der Waals surface area contributed by atoms with E-state index in [1.807, 2.05) is 30.3 Å². The third-order valence-corrected chi connectivity index (χ3v) is 4.07. The van der Waals surface area contributed by atoms with Gasteiger partial charge < -0.3 is 20.1 Å². The van der Waals surface area contributed by atoms with E-state index >= 15 is 0 Å². The molecule has 0 bridgehead atoms. The fourth-order valence-corrected chi connectivity index (χ4v) is 2.94. The Labute approximate surface area is 136 Å². The van der Waals surface area contributed by atoms with Crippen molar-refractivity contribution < 1.29 is 19.1 Å². The molecule has 1 saturated heterocycles. The number of carbonyl (C=O) groups excluding carboxylic acids is 2. The third kappa shape index (κ3) is 4.77. The standard InChI is InChI=1S/C17H24N2O4/c1-22-10-5-11-23-15(13-6-3-2-4-7-13)14-8-9-19(12-14)17(21)16(18)20/h2-4,6-7,14-15H,5,8-12H2,1H3,(H2,18,20)/t14?,15-/m0/s1. The summed E-state index contributed by atoms with van der Waals surface area (Å²) >= 11 is 0. The summed E-state index contributed by atoms with van der Waals surface area (Å²) in [7, 11) is 1.67. The van der Waals surface area contributed by atoms with Gasteiger partial charge in [0, 0.05) is 39.3 Å². The smallest absolute Gasteiger partial charge is 0.311 e. The molecule has 23 heavy (non-hydrogen) atoms. The lowest BCUT2D eigenvalue weighted by molar-refractivity contribution is -0.143. The van der Waals surface area contributed by atoms with Crippen LogP contribution in [0.15, 0.2) is 30.3 Å². The molecule has 2 rings (SSSR count). The van der Waals surface area contributed by atoms with Crippen molar-refractivity contribution in [2.75, 3.05) is 33.4 Å². The Bertz CT molecular complexity index is 521. The highest BCUT2D eigenvalue weighted by atomic mass is 16.5. The second-order valence-corrected chi connectivity index (χ2v) is 5.71. The Morgan fingerprint density at radius 3 is 2.70 bits per heavy atom.